The van der Waals surface area contributed by atoms with Gasteiger partial charge in [-0.1, -0.05) is 24.8 Å². The lowest BCUT2D eigenvalue weighted by molar-refractivity contribution is 0.538. The Bertz CT molecular complexity index is 217. The fourth-order valence-electron chi connectivity index (χ4n) is 0.413. The van der Waals surface area contributed by atoms with Gasteiger partial charge in [0.15, 0.2) is 0 Å². The molecule has 0 atom stereocenters. The summed E-state index contributed by atoms with van der Waals surface area (Å²) in [6.45, 7) is 3.48. The summed E-state index contributed by atoms with van der Waals surface area (Å²) in [6.07, 6.45) is 13.2. The van der Waals surface area contributed by atoms with Crippen molar-refractivity contribution in [2.45, 2.75) is 0 Å². The maximum atomic E-state index is 4.91. The summed E-state index contributed by atoms with van der Waals surface area (Å²) in [6, 6.07) is 0. The molecule has 0 amide bonds. The average molecular weight is 184 g/mol. The van der Waals surface area contributed by atoms with Crippen LogP contribution in [0.5, 0.6) is 0 Å². The Morgan fingerprint density at radius 1 is 1.17 bits per heavy atom. The van der Waals surface area contributed by atoms with Crippen LogP contribution >= 0.6 is 11.9 Å². The van der Waals surface area contributed by atoms with Gasteiger partial charge in [-0.25, -0.2) is 0 Å². The van der Waals surface area contributed by atoms with Crippen LogP contribution in [0.1, 0.15) is 0 Å². The largest absolute Gasteiger partial charge is 0.394 e. The van der Waals surface area contributed by atoms with Crippen LogP contribution in [0, 0.1) is 0 Å². The molecule has 0 heterocycles. The van der Waals surface area contributed by atoms with Crippen molar-refractivity contribution in [2.75, 3.05) is 0 Å². The Morgan fingerprint density at radius 3 is 2.58 bits per heavy atom. The van der Waals surface area contributed by atoms with Crippen molar-refractivity contribution >= 4 is 18.1 Å². The predicted octanol–water partition coefficient (Wildman–Crippen LogP) is 3.00. The van der Waals surface area contributed by atoms with Crippen LogP contribution in [0.15, 0.2) is 54.4 Å². The molecule has 0 saturated carbocycles. The molecule has 3 heteroatoms. The topological polar surface area (TPSA) is 21.6 Å². The van der Waals surface area contributed by atoms with Crippen molar-refractivity contribution in [1.29, 1.82) is 0 Å². The minimum atomic E-state index is 1.36. The molecule has 12 heavy (non-hydrogen) atoms. The Balaban J connectivity index is 3.58. The standard InChI is InChI=1S/C9H10ClNO/c1-2-7-11-8-5-3-4-6-9-12-10/h2-9H,1H2/b4-3-,8-5+,9-6+,11-7?. The van der Waals surface area contributed by atoms with Gasteiger partial charge in [-0.2, -0.15) is 0 Å². The lowest BCUT2D eigenvalue weighted by Crippen LogP contribution is -1.57. The molecule has 0 N–H and O–H groups in total. The van der Waals surface area contributed by atoms with E-state index in [1.165, 1.54) is 6.26 Å². The molecule has 0 aliphatic heterocycles. The molecular formula is C9H10ClNO. The Hall–Kier alpha value is -1.28. The monoisotopic (exact) mass is 183 g/mol. The number of hydrogen-bond acceptors (Lipinski definition) is 2. The van der Waals surface area contributed by atoms with Gasteiger partial charge < -0.3 is 4.29 Å². The van der Waals surface area contributed by atoms with E-state index in [2.05, 4.69) is 15.9 Å². The van der Waals surface area contributed by atoms with Gasteiger partial charge in [0.05, 0.1) is 0 Å². The molecule has 0 spiro atoms. The van der Waals surface area contributed by atoms with Gasteiger partial charge in [0.25, 0.3) is 0 Å². The smallest absolute Gasteiger partial charge is 0.134 e. The molecule has 0 aliphatic carbocycles. The number of rotatable bonds is 5. The minimum absolute atomic E-state index is 1.36. The van der Waals surface area contributed by atoms with Crippen LogP contribution in [-0.4, -0.2) is 6.21 Å². The van der Waals surface area contributed by atoms with E-state index < -0.39 is 0 Å². The van der Waals surface area contributed by atoms with E-state index in [9.17, 15) is 0 Å². The van der Waals surface area contributed by atoms with E-state index in [4.69, 9.17) is 11.9 Å². The van der Waals surface area contributed by atoms with Gasteiger partial charge in [-0.15, -0.1) is 0 Å². The molecule has 0 rings (SSSR count). The molecule has 64 valence electrons. The highest BCUT2D eigenvalue weighted by atomic mass is 35.5. The summed E-state index contributed by atoms with van der Waals surface area (Å²) >= 11 is 4.91. The van der Waals surface area contributed by atoms with Gasteiger partial charge in [0.2, 0.25) is 0 Å². The summed E-state index contributed by atoms with van der Waals surface area (Å²) in [7, 11) is 0. The third kappa shape index (κ3) is 8.72. The molecule has 0 radical (unpaired) electrons. The van der Waals surface area contributed by atoms with Gasteiger partial charge in [0, 0.05) is 12.4 Å². The molecule has 0 aliphatic rings. The predicted molar refractivity (Wildman–Crippen MR) is 53.0 cm³/mol. The first-order chi connectivity index (χ1) is 5.91. The van der Waals surface area contributed by atoms with Gasteiger partial charge >= 0.3 is 0 Å². The summed E-state index contributed by atoms with van der Waals surface area (Å²) in [5, 5.41) is 0. The molecular weight excluding hydrogens is 174 g/mol. The van der Waals surface area contributed by atoms with Crippen LogP contribution in [0.3, 0.4) is 0 Å². The highest BCUT2D eigenvalue weighted by Crippen LogP contribution is 1.84. The summed E-state index contributed by atoms with van der Waals surface area (Å²) in [5.74, 6) is 0. The van der Waals surface area contributed by atoms with Gasteiger partial charge in [-0.3, -0.25) is 4.99 Å². The fourth-order valence-corrected chi connectivity index (χ4v) is 0.473. The zero-order chi connectivity index (χ0) is 9.07. The third-order valence-electron chi connectivity index (χ3n) is 0.827. The first-order valence-corrected chi connectivity index (χ1v) is 3.62. The average Bonchev–Trinajstić information content (AvgIpc) is 2.10. The number of allylic oxidation sites excluding steroid dienone is 5. The van der Waals surface area contributed by atoms with E-state index in [0.29, 0.717) is 0 Å². The van der Waals surface area contributed by atoms with Crippen LogP contribution in [0.25, 0.3) is 0 Å². The van der Waals surface area contributed by atoms with Crippen molar-refractivity contribution in [2.24, 2.45) is 4.99 Å². The Labute approximate surface area is 77.4 Å². The molecule has 0 unspecified atom stereocenters. The van der Waals surface area contributed by atoms with Crippen LogP contribution in [0.4, 0.5) is 0 Å². The highest BCUT2D eigenvalue weighted by molar-refractivity contribution is 6.07. The highest BCUT2D eigenvalue weighted by Gasteiger charge is 1.63. The second kappa shape index (κ2) is 9.72. The van der Waals surface area contributed by atoms with E-state index >= 15 is 0 Å². The molecule has 2 nitrogen and oxygen atoms in total. The zero-order valence-corrected chi connectivity index (χ0v) is 7.32. The second-order valence-electron chi connectivity index (χ2n) is 1.68. The lowest BCUT2D eigenvalue weighted by Gasteiger charge is -1.75. The van der Waals surface area contributed by atoms with Gasteiger partial charge in [0.1, 0.15) is 18.1 Å². The summed E-state index contributed by atoms with van der Waals surface area (Å²) < 4.78 is 4.16. The van der Waals surface area contributed by atoms with Crippen molar-refractivity contribution in [3.05, 3.63) is 49.4 Å². The number of halogens is 1. The van der Waals surface area contributed by atoms with E-state index in [1.807, 2.05) is 0 Å². The van der Waals surface area contributed by atoms with Crippen molar-refractivity contribution in [3.63, 3.8) is 0 Å². The van der Waals surface area contributed by atoms with E-state index in [0.717, 1.165) is 0 Å². The third-order valence-corrected chi connectivity index (χ3v) is 0.930. The van der Waals surface area contributed by atoms with Crippen LogP contribution < -0.4 is 0 Å². The quantitative estimate of drug-likeness (QED) is 0.365. The number of hydrogen-bond donors (Lipinski definition) is 0. The summed E-state index contributed by atoms with van der Waals surface area (Å²) in [4.78, 5) is 3.85. The Morgan fingerprint density at radius 2 is 1.92 bits per heavy atom. The summed E-state index contributed by atoms with van der Waals surface area (Å²) in [5.41, 5.74) is 0. The Kier molecular flexibility index (Phi) is 8.68. The van der Waals surface area contributed by atoms with Crippen LogP contribution in [-0.2, 0) is 4.29 Å². The number of nitrogens with zero attached hydrogens (tertiary/aromatic N) is 1. The van der Waals surface area contributed by atoms with Crippen molar-refractivity contribution in [1.82, 2.24) is 0 Å². The fraction of sp³-hybridized carbons (Fsp3) is 0. The number of aliphatic imine (C=N–C) groups is 1. The molecule has 0 aromatic rings. The molecule has 0 bridgehead atoms. The van der Waals surface area contributed by atoms with Gasteiger partial charge in [-0.05, 0) is 12.2 Å². The van der Waals surface area contributed by atoms with Crippen LogP contribution in [0.2, 0.25) is 0 Å². The molecule has 0 aromatic carbocycles. The lowest BCUT2D eigenvalue weighted by atomic mass is 10.5. The zero-order valence-electron chi connectivity index (χ0n) is 6.56. The first-order valence-electron chi connectivity index (χ1n) is 3.31. The maximum absolute atomic E-state index is 4.91. The van der Waals surface area contributed by atoms with E-state index in [-0.39, 0.29) is 0 Å². The molecule has 0 fully saturated rings. The second-order valence-corrected chi connectivity index (χ2v) is 1.86. The van der Waals surface area contributed by atoms with E-state index in [1.54, 1.807) is 42.8 Å². The first kappa shape index (κ1) is 10.7. The molecule has 0 aromatic heterocycles. The SMILES string of the molecule is C=CC=N/C=C/C=C\C=C\OCl. The minimum Gasteiger partial charge on any atom is -0.394 e. The maximum Gasteiger partial charge on any atom is 0.134 e. The van der Waals surface area contributed by atoms with Crippen molar-refractivity contribution in [3.8, 4) is 0 Å². The normalized spacial score (nSPS) is 12.4. The van der Waals surface area contributed by atoms with Crippen molar-refractivity contribution < 1.29 is 4.29 Å². The molecule has 0 saturated heterocycles.